The lowest BCUT2D eigenvalue weighted by Crippen LogP contribution is -2.03. The quantitative estimate of drug-likeness (QED) is 0.598. The Bertz CT molecular complexity index is 216. The van der Waals surface area contributed by atoms with Crippen molar-refractivity contribution < 1.29 is 14.3 Å². The molecule has 0 aliphatic carbocycles. The second-order valence-electron chi connectivity index (χ2n) is 2.54. The largest absolute Gasteiger partial charge is 0.497 e. The summed E-state index contributed by atoms with van der Waals surface area (Å²) in [6.45, 7) is 0.591. The molecular weight excluding hydrogens is 156 g/mol. The van der Waals surface area contributed by atoms with Gasteiger partial charge in [-0.1, -0.05) is 6.08 Å². The molecule has 0 aromatic rings. The molecule has 1 aliphatic rings. The minimum Gasteiger partial charge on any atom is -0.497 e. The molecule has 12 heavy (non-hydrogen) atoms. The molecule has 0 fully saturated rings. The summed E-state index contributed by atoms with van der Waals surface area (Å²) in [4.78, 5) is 10.7. The van der Waals surface area contributed by atoms with Crippen LogP contribution in [0.2, 0.25) is 0 Å². The summed E-state index contributed by atoms with van der Waals surface area (Å²) >= 11 is 0. The van der Waals surface area contributed by atoms with Gasteiger partial charge in [0.2, 0.25) is 0 Å². The molecule has 3 nitrogen and oxygen atoms in total. The molecule has 0 bridgehead atoms. The van der Waals surface area contributed by atoms with E-state index in [-0.39, 0.29) is 5.97 Å². The summed E-state index contributed by atoms with van der Waals surface area (Å²) < 4.78 is 9.56. The van der Waals surface area contributed by atoms with E-state index in [1.54, 1.807) is 6.26 Å². The number of esters is 1. The first kappa shape index (κ1) is 8.84. The van der Waals surface area contributed by atoms with Gasteiger partial charge in [0.05, 0.1) is 13.4 Å². The number of hydrogen-bond acceptors (Lipinski definition) is 3. The fraction of sp³-hybridized carbons (Fsp3) is 0.444. The molecule has 66 valence electrons. The standard InChI is InChI=1S/C9H12O3/c1-11-9(10)5-4-8-3-2-6-12-7-8/h2-3,6H,4-5,7H2,1H3. The van der Waals surface area contributed by atoms with Crippen LogP contribution in [0, 0.1) is 0 Å². The highest BCUT2D eigenvalue weighted by atomic mass is 16.5. The van der Waals surface area contributed by atoms with E-state index in [0.29, 0.717) is 13.0 Å². The first-order valence-electron chi connectivity index (χ1n) is 3.86. The molecule has 0 spiro atoms. The lowest BCUT2D eigenvalue weighted by molar-refractivity contribution is -0.140. The van der Waals surface area contributed by atoms with Gasteiger partial charge < -0.3 is 9.47 Å². The fourth-order valence-electron chi connectivity index (χ4n) is 0.954. The van der Waals surface area contributed by atoms with E-state index < -0.39 is 0 Å². The highest BCUT2D eigenvalue weighted by Crippen LogP contribution is 2.10. The lowest BCUT2D eigenvalue weighted by atomic mass is 10.1. The van der Waals surface area contributed by atoms with Crippen molar-refractivity contribution in [2.75, 3.05) is 13.7 Å². The number of carbonyl (C=O) groups is 1. The molecule has 0 N–H and O–H groups in total. The van der Waals surface area contributed by atoms with E-state index >= 15 is 0 Å². The molecule has 0 saturated carbocycles. The predicted octanol–water partition coefficient (Wildman–Crippen LogP) is 1.41. The van der Waals surface area contributed by atoms with Crippen molar-refractivity contribution in [3.8, 4) is 0 Å². The van der Waals surface area contributed by atoms with Crippen LogP contribution in [-0.2, 0) is 14.3 Å². The zero-order chi connectivity index (χ0) is 8.81. The molecule has 0 atom stereocenters. The molecule has 0 amide bonds. The van der Waals surface area contributed by atoms with Crippen molar-refractivity contribution in [3.05, 3.63) is 24.0 Å². The summed E-state index contributed by atoms with van der Waals surface area (Å²) in [7, 11) is 1.40. The molecule has 0 saturated heterocycles. The highest BCUT2D eigenvalue weighted by molar-refractivity contribution is 5.69. The van der Waals surface area contributed by atoms with Crippen LogP contribution in [0.1, 0.15) is 12.8 Å². The van der Waals surface area contributed by atoms with E-state index in [2.05, 4.69) is 4.74 Å². The maximum Gasteiger partial charge on any atom is 0.305 e. The van der Waals surface area contributed by atoms with Crippen LogP contribution in [0.25, 0.3) is 0 Å². The maximum absolute atomic E-state index is 10.7. The fourth-order valence-corrected chi connectivity index (χ4v) is 0.954. The van der Waals surface area contributed by atoms with E-state index in [0.717, 1.165) is 12.0 Å². The topological polar surface area (TPSA) is 35.5 Å². The van der Waals surface area contributed by atoms with Crippen LogP contribution < -0.4 is 0 Å². The molecule has 3 heteroatoms. The van der Waals surface area contributed by atoms with E-state index in [9.17, 15) is 4.79 Å². The van der Waals surface area contributed by atoms with Crippen molar-refractivity contribution in [1.82, 2.24) is 0 Å². The Morgan fingerprint density at radius 1 is 1.75 bits per heavy atom. The summed E-state index contributed by atoms with van der Waals surface area (Å²) in [5, 5.41) is 0. The SMILES string of the molecule is COC(=O)CCC1=CC=COC1. The molecule has 1 aliphatic heterocycles. The third kappa shape index (κ3) is 2.78. The Morgan fingerprint density at radius 2 is 2.58 bits per heavy atom. The van der Waals surface area contributed by atoms with Gasteiger partial charge in [0.1, 0.15) is 6.61 Å². The minimum atomic E-state index is -0.176. The molecule has 0 aromatic heterocycles. The highest BCUT2D eigenvalue weighted by Gasteiger charge is 2.04. The average Bonchev–Trinajstić information content (AvgIpc) is 2.16. The van der Waals surface area contributed by atoms with Gasteiger partial charge >= 0.3 is 5.97 Å². The monoisotopic (exact) mass is 168 g/mol. The van der Waals surface area contributed by atoms with Gasteiger partial charge in [-0.2, -0.15) is 0 Å². The number of rotatable bonds is 3. The van der Waals surface area contributed by atoms with Crippen LogP contribution in [-0.4, -0.2) is 19.7 Å². The summed E-state index contributed by atoms with van der Waals surface area (Å²) in [6.07, 6.45) is 6.58. The normalized spacial score (nSPS) is 14.9. The van der Waals surface area contributed by atoms with Crippen LogP contribution in [0.4, 0.5) is 0 Å². The average molecular weight is 168 g/mol. The Kier molecular flexibility index (Phi) is 3.38. The molecular formula is C9H12O3. The summed E-state index contributed by atoms with van der Waals surface area (Å²) in [6, 6.07) is 0. The second kappa shape index (κ2) is 4.59. The van der Waals surface area contributed by atoms with Gasteiger partial charge in [-0.05, 0) is 18.1 Å². The minimum absolute atomic E-state index is 0.176. The van der Waals surface area contributed by atoms with E-state index in [1.807, 2.05) is 12.2 Å². The zero-order valence-corrected chi connectivity index (χ0v) is 7.08. The molecule has 1 heterocycles. The van der Waals surface area contributed by atoms with E-state index in [1.165, 1.54) is 7.11 Å². The van der Waals surface area contributed by atoms with Crippen molar-refractivity contribution in [2.45, 2.75) is 12.8 Å². The molecule has 0 aromatic carbocycles. The van der Waals surface area contributed by atoms with Gasteiger partial charge in [-0.25, -0.2) is 0 Å². The van der Waals surface area contributed by atoms with Crippen molar-refractivity contribution >= 4 is 5.97 Å². The number of carbonyl (C=O) groups excluding carboxylic acids is 1. The molecule has 0 radical (unpaired) electrons. The van der Waals surface area contributed by atoms with Gasteiger partial charge in [-0.3, -0.25) is 4.79 Å². The van der Waals surface area contributed by atoms with Crippen LogP contribution in [0.5, 0.6) is 0 Å². The van der Waals surface area contributed by atoms with Gasteiger partial charge in [-0.15, -0.1) is 0 Å². The Labute approximate surface area is 71.7 Å². The summed E-state index contributed by atoms with van der Waals surface area (Å²) in [5.41, 5.74) is 1.13. The third-order valence-corrected chi connectivity index (χ3v) is 1.65. The first-order valence-corrected chi connectivity index (χ1v) is 3.86. The number of hydrogen-bond donors (Lipinski definition) is 0. The lowest BCUT2D eigenvalue weighted by Gasteiger charge is -2.08. The van der Waals surface area contributed by atoms with Crippen LogP contribution >= 0.6 is 0 Å². The molecule has 0 unspecified atom stereocenters. The maximum atomic E-state index is 10.7. The van der Waals surface area contributed by atoms with Gasteiger partial charge in [0.15, 0.2) is 0 Å². The molecule has 1 rings (SSSR count). The smallest absolute Gasteiger partial charge is 0.305 e. The van der Waals surface area contributed by atoms with E-state index in [4.69, 9.17) is 4.74 Å². The van der Waals surface area contributed by atoms with Crippen LogP contribution in [0.15, 0.2) is 24.0 Å². The second-order valence-corrected chi connectivity index (χ2v) is 2.54. The van der Waals surface area contributed by atoms with Crippen molar-refractivity contribution in [1.29, 1.82) is 0 Å². The van der Waals surface area contributed by atoms with Gasteiger partial charge in [0.25, 0.3) is 0 Å². The van der Waals surface area contributed by atoms with Crippen molar-refractivity contribution in [2.24, 2.45) is 0 Å². The number of ether oxygens (including phenoxy) is 2. The number of allylic oxidation sites excluding steroid dienone is 2. The van der Waals surface area contributed by atoms with Crippen LogP contribution in [0.3, 0.4) is 0 Å². The summed E-state index contributed by atoms with van der Waals surface area (Å²) in [5.74, 6) is -0.176. The van der Waals surface area contributed by atoms with Crippen molar-refractivity contribution in [3.63, 3.8) is 0 Å². The predicted molar refractivity (Wildman–Crippen MR) is 44.4 cm³/mol. The Hall–Kier alpha value is -1.25. The zero-order valence-electron chi connectivity index (χ0n) is 7.08. The third-order valence-electron chi connectivity index (χ3n) is 1.65. The first-order chi connectivity index (χ1) is 5.83. The Morgan fingerprint density at radius 3 is 3.17 bits per heavy atom. The Balaban J connectivity index is 2.27. The number of methoxy groups -OCH3 is 1. The van der Waals surface area contributed by atoms with Gasteiger partial charge in [0, 0.05) is 6.42 Å².